The van der Waals surface area contributed by atoms with Crippen molar-refractivity contribution in [2.45, 2.75) is 37.5 Å². The van der Waals surface area contributed by atoms with Crippen LogP contribution in [0.4, 0.5) is 0 Å². The summed E-state index contributed by atoms with van der Waals surface area (Å²) in [6, 6.07) is 0.238. The summed E-state index contributed by atoms with van der Waals surface area (Å²) in [5.41, 5.74) is 0. The lowest BCUT2D eigenvalue weighted by Crippen LogP contribution is -2.49. The van der Waals surface area contributed by atoms with Crippen LogP contribution in [0, 0.1) is 11.3 Å². The molecule has 6 nitrogen and oxygen atoms in total. The van der Waals surface area contributed by atoms with Gasteiger partial charge >= 0.3 is 0 Å². The number of nitrogens with zero attached hydrogens (tertiary/aromatic N) is 3. The molecule has 6 heteroatoms. The summed E-state index contributed by atoms with van der Waals surface area (Å²) in [5, 5.41) is 19.7. The number of rotatable bonds is 2. The molecule has 3 N–H and O–H groups in total. The van der Waals surface area contributed by atoms with E-state index in [-0.39, 0.29) is 18.8 Å². The van der Waals surface area contributed by atoms with Crippen LogP contribution in [0.15, 0.2) is 9.98 Å². The lowest BCUT2D eigenvalue weighted by molar-refractivity contribution is 0.211. The van der Waals surface area contributed by atoms with Gasteiger partial charge < -0.3 is 15.3 Å². The molecule has 0 aromatic carbocycles. The maximum absolute atomic E-state index is 9.18. The molecule has 1 saturated carbocycles. The molecule has 1 aliphatic carbocycles. The molecule has 2 aliphatic heterocycles. The number of hydrogen-bond donors (Lipinski definition) is 3. The van der Waals surface area contributed by atoms with Gasteiger partial charge in [0.15, 0.2) is 6.17 Å². The fourth-order valence-electron chi connectivity index (χ4n) is 2.90. The van der Waals surface area contributed by atoms with E-state index in [0.717, 1.165) is 19.3 Å². The predicted molar refractivity (Wildman–Crippen MR) is 65.5 cm³/mol. The third kappa shape index (κ3) is 1.72. The van der Waals surface area contributed by atoms with E-state index >= 15 is 0 Å². The zero-order chi connectivity index (χ0) is 11.8. The Hall–Kier alpha value is -1.43. The molecule has 0 aromatic rings. The van der Waals surface area contributed by atoms with E-state index in [1.807, 2.05) is 6.34 Å². The molecule has 0 spiro atoms. The quantitative estimate of drug-likeness (QED) is 0.619. The maximum atomic E-state index is 9.18. The number of aliphatic hydroxyl groups excluding tert-OH is 1. The van der Waals surface area contributed by atoms with Crippen molar-refractivity contribution in [3.05, 3.63) is 0 Å². The molecule has 0 bridgehead atoms. The molecule has 0 aromatic heterocycles. The van der Waals surface area contributed by atoms with E-state index in [4.69, 9.17) is 5.41 Å². The van der Waals surface area contributed by atoms with Gasteiger partial charge in [0.2, 0.25) is 0 Å². The van der Waals surface area contributed by atoms with Crippen molar-refractivity contribution in [1.29, 1.82) is 5.41 Å². The van der Waals surface area contributed by atoms with Crippen molar-refractivity contribution in [1.82, 2.24) is 10.2 Å². The number of aliphatic imine (C=N–C) groups is 2. The van der Waals surface area contributed by atoms with Gasteiger partial charge in [0.1, 0.15) is 11.9 Å². The Morgan fingerprint density at radius 1 is 1.47 bits per heavy atom. The van der Waals surface area contributed by atoms with Crippen molar-refractivity contribution in [2.75, 3.05) is 6.61 Å². The van der Waals surface area contributed by atoms with Crippen LogP contribution in [0.25, 0.3) is 0 Å². The van der Waals surface area contributed by atoms with Crippen LogP contribution < -0.4 is 5.32 Å². The summed E-state index contributed by atoms with van der Waals surface area (Å²) >= 11 is 0. The summed E-state index contributed by atoms with van der Waals surface area (Å²) in [6.45, 7) is 0.274. The molecule has 0 amide bonds. The summed E-state index contributed by atoms with van der Waals surface area (Å²) in [5.74, 6) is 0.832. The van der Waals surface area contributed by atoms with Gasteiger partial charge in [-0.3, -0.25) is 10.4 Å². The van der Waals surface area contributed by atoms with Gasteiger partial charge in [-0.15, -0.1) is 0 Å². The Morgan fingerprint density at radius 2 is 2.35 bits per heavy atom. The SMILES string of the molecule is N=C1NC=NC2C1N=CN2[C@@H]1CC[C@H](CO)C1. The van der Waals surface area contributed by atoms with E-state index < -0.39 is 0 Å². The Kier molecular flexibility index (Phi) is 2.58. The molecule has 1 fully saturated rings. The van der Waals surface area contributed by atoms with E-state index in [9.17, 15) is 5.11 Å². The lowest BCUT2D eigenvalue weighted by atomic mass is 10.1. The molecule has 4 atom stereocenters. The maximum Gasteiger partial charge on any atom is 0.153 e. The average molecular weight is 235 g/mol. The minimum atomic E-state index is -0.173. The third-order valence-corrected chi connectivity index (χ3v) is 3.88. The first kappa shape index (κ1) is 10.7. The highest BCUT2D eigenvalue weighted by Crippen LogP contribution is 2.32. The van der Waals surface area contributed by atoms with Crippen LogP contribution >= 0.6 is 0 Å². The molecular weight excluding hydrogens is 218 g/mol. The van der Waals surface area contributed by atoms with E-state index in [2.05, 4.69) is 20.2 Å². The normalized spacial score (nSPS) is 39.6. The summed E-state index contributed by atoms with van der Waals surface area (Å²) in [6.07, 6.45) is 6.52. The van der Waals surface area contributed by atoms with Crippen LogP contribution in [0.5, 0.6) is 0 Å². The van der Waals surface area contributed by atoms with Crippen molar-refractivity contribution in [3.63, 3.8) is 0 Å². The highest BCUT2D eigenvalue weighted by molar-refractivity contribution is 5.97. The highest BCUT2D eigenvalue weighted by atomic mass is 16.3. The van der Waals surface area contributed by atoms with Gasteiger partial charge in [-0.1, -0.05) is 0 Å². The van der Waals surface area contributed by atoms with Gasteiger partial charge in [0, 0.05) is 12.6 Å². The first-order valence-corrected chi connectivity index (χ1v) is 6.08. The number of fused-ring (bicyclic) bond motifs is 1. The topological polar surface area (TPSA) is 84.1 Å². The molecule has 2 heterocycles. The summed E-state index contributed by atoms with van der Waals surface area (Å²) < 4.78 is 0. The standard InChI is InChI=1S/C11H17N5O/c12-10-9-11(14-5-13-10)16(6-15-9)8-2-1-7(3-8)4-17/h5-9,11,17H,1-4H2,(H2,12,13,14)/t7-,8+,9?,11?/m0/s1. The summed E-state index contributed by atoms with van der Waals surface area (Å²) in [7, 11) is 0. The second-order valence-electron chi connectivity index (χ2n) is 4.92. The molecule has 0 saturated heterocycles. The van der Waals surface area contributed by atoms with Gasteiger partial charge in [-0.05, 0) is 25.2 Å². The number of nitrogens with one attached hydrogen (secondary N) is 2. The molecule has 2 unspecified atom stereocenters. The highest BCUT2D eigenvalue weighted by Gasteiger charge is 2.40. The summed E-state index contributed by atoms with van der Waals surface area (Å²) in [4.78, 5) is 10.9. The van der Waals surface area contributed by atoms with Crippen molar-refractivity contribution < 1.29 is 5.11 Å². The zero-order valence-electron chi connectivity index (χ0n) is 9.58. The van der Waals surface area contributed by atoms with Crippen molar-refractivity contribution in [3.8, 4) is 0 Å². The minimum absolute atomic E-state index is 0.0498. The second-order valence-corrected chi connectivity index (χ2v) is 4.92. The molecule has 0 radical (unpaired) electrons. The Balaban J connectivity index is 1.73. The lowest BCUT2D eigenvalue weighted by Gasteiger charge is -2.32. The first-order valence-electron chi connectivity index (χ1n) is 6.08. The van der Waals surface area contributed by atoms with Crippen molar-refractivity contribution in [2.24, 2.45) is 15.9 Å². The Morgan fingerprint density at radius 3 is 3.12 bits per heavy atom. The van der Waals surface area contributed by atoms with E-state index in [0.29, 0.717) is 17.8 Å². The number of aliphatic hydroxyl groups is 1. The molecular formula is C11H17N5O. The van der Waals surface area contributed by atoms with Crippen molar-refractivity contribution >= 4 is 18.5 Å². The fourth-order valence-corrected chi connectivity index (χ4v) is 2.90. The van der Waals surface area contributed by atoms with Gasteiger partial charge in [0.05, 0.1) is 12.7 Å². The van der Waals surface area contributed by atoms with Gasteiger partial charge in [-0.2, -0.15) is 0 Å². The van der Waals surface area contributed by atoms with Gasteiger partial charge in [0.25, 0.3) is 0 Å². The predicted octanol–water partition coefficient (Wildman–Crippen LogP) is -0.205. The monoisotopic (exact) mass is 235 g/mol. The smallest absolute Gasteiger partial charge is 0.153 e. The molecule has 3 rings (SSSR count). The third-order valence-electron chi connectivity index (χ3n) is 3.88. The Bertz CT molecular complexity index is 380. The first-order chi connectivity index (χ1) is 8.29. The van der Waals surface area contributed by atoms with Crippen LogP contribution in [-0.2, 0) is 0 Å². The minimum Gasteiger partial charge on any atom is -0.396 e. The molecule has 3 aliphatic rings. The average Bonchev–Trinajstić information content (AvgIpc) is 2.94. The van der Waals surface area contributed by atoms with Crippen LogP contribution in [0.2, 0.25) is 0 Å². The van der Waals surface area contributed by atoms with Crippen LogP contribution in [-0.4, -0.2) is 53.4 Å². The van der Waals surface area contributed by atoms with E-state index in [1.165, 1.54) is 0 Å². The second kappa shape index (κ2) is 4.10. The van der Waals surface area contributed by atoms with Gasteiger partial charge in [-0.25, -0.2) is 4.99 Å². The Labute approximate surface area is 100.0 Å². The zero-order valence-corrected chi connectivity index (χ0v) is 9.58. The fraction of sp³-hybridized carbons (Fsp3) is 0.727. The number of amidine groups is 1. The molecule has 17 heavy (non-hydrogen) atoms. The van der Waals surface area contributed by atoms with Crippen LogP contribution in [0.3, 0.4) is 0 Å². The molecule has 92 valence electrons. The van der Waals surface area contributed by atoms with E-state index in [1.54, 1.807) is 6.34 Å². The number of hydrogen-bond acceptors (Lipinski definition) is 5. The van der Waals surface area contributed by atoms with Crippen LogP contribution in [0.1, 0.15) is 19.3 Å². The largest absolute Gasteiger partial charge is 0.396 e.